The van der Waals surface area contributed by atoms with Crippen LogP contribution in [0, 0.1) is 0 Å². The van der Waals surface area contributed by atoms with Gasteiger partial charge in [-0.05, 0) is 6.07 Å². The summed E-state index contributed by atoms with van der Waals surface area (Å²) in [5.41, 5.74) is 3.07. The first kappa shape index (κ1) is 9.65. The molecular weight excluding hydrogens is 216 g/mol. The maximum atomic E-state index is 10.9. The quantitative estimate of drug-likeness (QED) is 0.674. The second kappa shape index (κ2) is 3.79. The number of aromatic amines is 1. The van der Waals surface area contributed by atoms with Crippen molar-refractivity contribution in [1.29, 1.82) is 0 Å². The lowest BCUT2D eigenvalue weighted by atomic mass is 10.1. The first-order valence-corrected chi connectivity index (χ1v) is 5.06. The number of carbonyl (C=O) groups is 1. The molecule has 3 heterocycles. The molecule has 3 aromatic heterocycles. The lowest BCUT2D eigenvalue weighted by molar-refractivity contribution is 0.112. The molecule has 17 heavy (non-hydrogen) atoms. The van der Waals surface area contributed by atoms with E-state index in [9.17, 15) is 4.79 Å². The van der Waals surface area contributed by atoms with Crippen LogP contribution in [-0.2, 0) is 0 Å². The fourth-order valence-corrected chi connectivity index (χ4v) is 1.73. The molecule has 5 nitrogen and oxygen atoms in total. The molecule has 0 fully saturated rings. The van der Waals surface area contributed by atoms with Gasteiger partial charge >= 0.3 is 0 Å². The van der Waals surface area contributed by atoms with Crippen LogP contribution in [0.2, 0.25) is 0 Å². The van der Waals surface area contributed by atoms with Crippen LogP contribution in [0.5, 0.6) is 0 Å². The zero-order valence-corrected chi connectivity index (χ0v) is 8.79. The van der Waals surface area contributed by atoms with Crippen molar-refractivity contribution >= 4 is 17.3 Å². The number of nitrogens with one attached hydrogen (secondary N) is 1. The molecule has 0 aliphatic heterocycles. The number of H-pyrrole nitrogens is 1. The van der Waals surface area contributed by atoms with E-state index in [2.05, 4.69) is 19.9 Å². The van der Waals surface area contributed by atoms with Gasteiger partial charge in [-0.25, -0.2) is 15.0 Å². The minimum absolute atomic E-state index is 0.603. The molecule has 82 valence electrons. The number of aromatic nitrogens is 4. The smallest absolute Gasteiger partial charge is 0.152 e. The molecule has 0 radical (unpaired) electrons. The summed E-state index contributed by atoms with van der Waals surface area (Å²) < 4.78 is 0. The Morgan fingerprint density at radius 1 is 1.12 bits per heavy atom. The van der Waals surface area contributed by atoms with E-state index in [1.54, 1.807) is 24.8 Å². The summed E-state index contributed by atoms with van der Waals surface area (Å²) in [6.07, 6.45) is 9.09. The zero-order chi connectivity index (χ0) is 11.7. The van der Waals surface area contributed by atoms with Crippen LogP contribution in [0.15, 0.2) is 37.2 Å². The number of carbonyl (C=O) groups excluding carboxylic acids is 1. The van der Waals surface area contributed by atoms with Gasteiger partial charge in [0.05, 0.1) is 0 Å². The van der Waals surface area contributed by atoms with Crippen LogP contribution < -0.4 is 0 Å². The summed E-state index contributed by atoms with van der Waals surface area (Å²) in [4.78, 5) is 26.0. The predicted molar refractivity (Wildman–Crippen MR) is 62.5 cm³/mol. The van der Waals surface area contributed by atoms with E-state index >= 15 is 0 Å². The summed E-state index contributed by atoms with van der Waals surface area (Å²) in [7, 11) is 0. The Labute approximate surface area is 96.6 Å². The Kier molecular flexibility index (Phi) is 2.15. The van der Waals surface area contributed by atoms with Gasteiger partial charge in [0.25, 0.3) is 0 Å². The van der Waals surface area contributed by atoms with Crippen LogP contribution in [0.1, 0.15) is 10.4 Å². The third-order valence-corrected chi connectivity index (χ3v) is 2.58. The number of hydrogen-bond acceptors (Lipinski definition) is 4. The van der Waals surface area contributed by atoms with Gasteiger partial charge in [-0.2, -0.15) is 0 Å². The topological polar surface area (TPSA) is 71.5 Å². The standard InChI is InChI=1S/C12H8N4O/c17-6-10-5-16-12-11(10)1-8(4-15-12)9-2-13-7-14-3-9/h1-7H,(H,15,16). The Bertz CT molecular complexity index is 675. The summed E-state index contributed by atoms with van der Waals surface area (Å²) in [5, 5.41) is 0.807. The highest BCUT2D eigenvalue weighted by molar-refractivity contribution is 5.97. The van der Waals surface area contributed by atoms with Crippen molar-refractivity contribution in [2.24, 2.45) is 0 Å². The molecule has 0 aliphatic carbocycles. The molecule has 1 N–H and O–H groups in total. The van der Waals surface area contributed by atoms with Gasteiger partial charge in [0.2, 0.25) is 0 Å². The van der Waals surface area contributed by atoms with Crippen molar-refractivity contribution in [3.63, 3.8) is 0 Å². The van der Waals surface area contributed by atoms with E-state index < -0.39 is 0 Å². The van der Waals surface area contributed by atoms with E-state index in [0.717, 1.165) is 22.8 Å². The number of nitrogens with zero attached hydrogens (tertiary/aromatic N) is 3. The van der Waals surface area contributed by atoms with E-state index in [1.807, 2.05) is 6.07 Å². The van der Waals surface area contributed by atoms with Gasteiger partial charge in [0.15, 0.2) is 6.29 Å². The molecule has 3 rings (SSSR count). The second-order valence-corrected chi connectivity index (χ2v) is 3.61. The van der Waals surface area contributed by atoms with Crippen LogP contribution in [0.4, 0.5) is 0 Å². The fourth-order valence-electron chi connectivity index (χ4n) is 1.73. The van der Waals surface area contributed by atoms with Crippen LogP contribution in [0.3, 0.4) is 0 Å². The molecule has 0 unspecified atom stereocenters. The average Bonchev–Trinajstić information content (AvgIpc) is 2.81. The Morgan fingerprint density at radius 3 is 2.71 bits per heavy atom. The summed E-state index contributed by atoms with van der Waals surface area (Å²) >= 11 is 0. The second-order valence-electron chi connectivity index (χ2n) is 3.61. The maximum Gasteiger partial charge on any atom is 0.152 e. The third kappa shape index (κ3) is 1.57. The Balaban J connectivity index is 2.22. The molecule has 0 aromatic carbocycles. The van der Waals surface area contributed by atoms with Crippen LogP contribution in [0.25, 0.3) is 22.2 Å². The lowest BCUT2D eigenvalue weighted by Gasteiger charge is -1.99. The van der Waals surface area contributed by atoms with Crippen molar-refractivity contribution in [1.82, 2.24) is 19.9 Å². The third-order valence-electron chi connectivity index (χ3n) is 2.58. The molecular formula is C12H8N4O. The number of aldehydes is 1. The Morgan fingerprint density at radius 2 is 1.94 bits per heavy atom. The van der Waals surface area contributed by atoms with Crippen molar-refractivity contribution in [3.05, 3.63) is 42.7 Å². The number of pyridine rings is 1. The number of rotatable bonds is 2. The normalized spacial score (nSPS) is 10.6. The van der Waals surface area contributed by atoms with Crippen molar-refractivity contribution < 1.29 is 4.79 Å². The minimum atomic E-state index is 0.603. The maximum absolute atomic E-state index is 10.9. The predicted octanol–water partition coefficient (Wildman–Crippen LogP) is 1.83. The summed E-state index contributed by atoms with van der Waals surface area (Å²) in [6.45, 7) is 0. The molecule has 0 saturated heterocycles. The van der Waals surface area contributed by atoms with E-state index in [-0.39, 0.29) is 0 Å². The number of fused-ring (bicyclic) bond motifs is 1. The monoisotopic (exact) mass is 224 g/mol. The first-order chi connectivity index (χ1) is 8.38. The molecule has 3 aromatic rings. The van der Waals surface area contributed by atoms with Crippen LogP contribution in [-0.4, -0.2) is 26.2 Å². The molecule has 0 bridgehead atoms. The van der Waals surface area contributed by atoms with Gasteiger partial charge in [0, 0.05) is 46.9 Å². The van der Waals surface area contributed by atoms with E-state index in [0.29, 0.717) is 11.2 Å². The van der Waals surface area contributed by atoms with Crippen molar-refractivity contribution in [2.45, 2.75) is 0 Å². The van der Waals surface area contributed by atoms with Crippen LogP contribution >= 0.6 is 0 Å². The molecule has 0 amide bonds. The zero-order valence-electron chi connectivity index (χ0n) is 8.79. The minimum Gasteiger partial charge on any atom is -0.345 e. The van der Waals surface area contributed by atoms with E-state index in [4.69, 9.17) is 0 Å². The molecule has 0 saturated carbocycles. The summed E-state index contributed by atoms with van der Waals surface area (Å²) in [5.74, 6) is 0. The molecule has 0 aliphatic rings. The molecule has 5 heteroatoms. The average molecular weight is 224 g/mol. The fraction of sp³-hybridized carbons (Fsp3) is 0. The van der Waals surface area contributed by atoms with Crippen molar-refractivity contribution in [2.75, 3.05) is 0 Å². The highest BCUT2D eigenvalue weighted by Crippen LogP contribution is 2.22. The van der Waals surface area contributed by atoms with E-state index in [1.165, 1.54) is 6.33 Å². The van der Waals surface area contributed by atoms with Gasteiger partial charge in [-0.1, -0.05) is 0 Å². The van der Waals surface area contributed by atoms with Gasteiger partial charge < -0.3 is 4.98 Å². The SMILES string of the molecule is O=Cc1c[nH]c2ncc(-c3cncnc3)cc12. The van der Waals surface area contributed by atoms with Crippen molar-refractivity contribution in [3.8, 4) is 11.1 Å². The first-order valence-electron chi connectivity index (χ1n) is 5.06. The summed E-state index contributed by atoms with van der Waals surface area (Å²) in [6, 6.07) is 1.90. The molecule has 0 atom stereocenters. The Hall–Kier alpha value is -2.56. The van der Waals surface area contributed by atoms with Gasteiger partial charge in [-0.3, -0.25) is 4.79 Å². The highest BCUT2D eigenvalue weighted by atomic mass is 16.1. The lowest BCUT2D eigenvalue weighted by Crippen LogP contribution is -1.85. The molecule has 0 spiro atoms. The number of hydrogen-bond donors (Lipinski definition) is 1. The highest BCUT2D eigenvalue weighted by Gasteiger charge is 2.06. The van der Waals surface area contributed by atoms with Gasteiger partial charge in [0.1, 0.15) is 12.0 Å². The van der Waals surface area contributed by atoms with Gasteiger partial charge in [-0.15, -0.1) is 0 Å². The largest absolute Gasteiger partial charge is 0.345 e.